The highest BCUT2D eigenvalue weighted by atomic mass is 16.4. The summed E-state index contributed by atoms with van der Waals surface area (Å²) in [7, 11) is 0. The molecule has 5 nitrogen and oxygen atoms in total. The number of carbonyl (C=O) groups is 2. The predicted molar refractivity (Wildman–Crippen MR) is 57.7 cm³/mol. The lowest BCUT2D eigenvalue weighted by atomic mass is 9.96. The van der Waals surface area contributed by atoms with Crippen molar-refractivity contribution in [2.45, 2.75) is 25.0 Å². The molecular formula is C12H12O5. The molecule has 1 aromatic carbocycles. The molecule has 1 aliphatic carbocycles. The lowest BCUT2D eigenvalue weighted by Gasteiger charge is -2.17. The lowest BCUT2D eigenvalue weighted by molar-refractivity contribution is -0.153. The molecule has 0 saturated heterocycles. The number of carboxylic acid groups (broad SMARTS) is 1. The van der Waals surface area contributed by atoms with Gasteiger partial charge in [0.15, 0.2) is 11.9 Å². The minimum atomic E-state index is -1.88. The smallest absolute Gasteiger partial charge is 0.335 e. The van der Waals surface area contributed by atoms with Crippen molar-refractivity contribution in [1.29, 1.82) is 0 Å². The summed E-state index contributed by atoms with van der Waals surface area (Å²) >= 11 is 0. The lowest BCUT2D eigenvalue weighted by Crippen LogP contribution is -2.28. The molecule has 0 fully saturated rings. The predicted octanol–water partition coefficient (Wildman–Crippen LogP) is 0.294. The summed E-state index contributed by atoms with van der Waals surface area (Å²) in [6.07, 6.45) is -2.54. The molecule has 2 rings (SSSR count). The van der Waals surface area contributed by atoms with Gasteiger partial charge in [0.2, 0.25) is 0 Å². The van der Waals surface area contributed by atoms with E-state index in [4.69, 9.17) is 5.11 Å². The molecule has 0 bridgehead atoms. The van der Waals surface area contributed by atoms with Crippen molar-refractivity contribution in [2.24, 2.45) is 0 Å². The van der Waals surface area contributed by atoms with E-state index in [0.29, 0.717) is 29.5 Å². The van der Waals surface area contributed by atoms with Crippen molar-refractivity contribution in [3.8, 4) is 0 Å². The van der Waals surface area contributed by atoms with Crippen LogP contribution in [0.1, 0.15) is 34.0 Å². The number of hydrogen-bond donors (Lipinski definition) is 3. The molecule has 17 heavy (non-hydrogen) atoms. The molecule has 0 heterocycles. The van der Waals surface area contributed by atoms with Crippen LogP contribution in [-0.4, -0.2) is 33.2 Å². The van der Waals surface area contributed by atoms with E-state index in [0.717, 1.165) is 0 Å². The van der Waals surface area contributed by atoms with Gasteiger partial charge in [0, 0.05) is 12.0 Å². The number of aliphatic carboxylic acids is 1. The standard InChI is InChI=1S/C12H12O5/c13-9-5-4-6-7(9)2-1-3-8(6)10(14)11(15)12(16)17/h1-3,10-11,14-15H,4-5H2,(H,16,17). The number of carbonyl (C=O) groups excluding carboxylic acids is 1. The third-order valence-corrected chi connectivity index (χ3v) is 2.99. The van der Waals surface area contributed by atoms with Crippen molar-refractivity contribution in [2.75, 3.05) is 0 Å². The number of hydrogen-bond acceptors (Lipinski definition) is 4. The first-order valence-corrected chi connectivity index (χ1v) is 5.26. The Balaban J connectivity index is 2.41. The van der Waals surface area contributed by atoms with E-state index < -0.39 is 18.2 Å². The van der Waals surface area contributed by atoms with Crippen LogP contribution < -0.4 is 0 Å². The summed E-state index contributed by atoms with van der Waals surface area (Å²) in [6, 6.07) is 4.76. The van der Waals surface area contributed by atoms with Crippen molar-refractivity contribution in [3.63, 3.8) is 0 Å². The molecule has 0 spiro atoms. The molecule has 90 valence electrons. The van der Waals surface area contributed by atoms with E-state index in [1.54, 1.807) is 12.1 Å². The average molecular weight is 236 g/mol. The molecule has 1 aromatic rings. The minimum absolute atomic E-state index is 0.0149. The Morgan fingerprint density at radius 3 is 2.59 bits per heavy atom. The van der Waals surface area contributed by atoms with Gasteiger partial charge in [0.05, 0.1) is 0 Å². The fourth-order valence-corrected chi connectivity index (χ4v) is 2.10. The first-order valence-electron chi connectivity index (χ1n) is 5.26. The summed E-state index contributed by atoms with van der Waals surface area (Å²) < 4.78 is 0. The second-order valence-corrected chi connectivity index (χ2v) is 4.02. The Bertz CT molecular complexity index is 480. The van der Waals surface area contributed by atoms with E-state index in [1.807, 2.05) is 0 Å². The van der Waals surface area contributed by atoms with Crippen molar-refractivity contribution in [3.05, 3.63) is 34.9 Å². The molecule has 0 radical (unpaired) electrons. The van der Waals surface area contributed by atoms with Crippen LogP contribution in [0.2, 0.25) is 0 Å². The maximum Gasteiger partial charge on any atom is 0.335 e. The quantitative estimate of drug-likeness (QED) is 0.701. The maximum atomic E-state index is 11.5. The third kappa shape index (κ3) is 1.94. The average Bonchev–Trinajstić information content (AvgIpc) is 2.69. The molecular weight excluding hydrogens is 224 g/mol. The summed E-state index contributed by atoms with van der Waals surface area (Å²) in [5, 5.41) is 27.7. The van der Waals surface area contributed by atoms with Crippen molar-refractivity contribution < 1.29 is 24.9 Å². The number of carboxylic acids is 1. The number of ketones is 1. The zero-order valence-corrected chi connectivity index (χ0v) is 8.96. The number of Topliss-reactive ketones (excluding diaryl/α,β-unsaturated/α-hetero) is 1. The van der Waals surface area contributed by atoms with Gasteiger partial charge in [-0.05, 0) is 17.5 Å². The number of aliphatic hydroxyl groups is 2. The fraction of sp³-hybridized carbons (Fsp3) is 0.333. The van der Waals surface area contributed by atoms with E-state index in [1.165, 1.54) is 6.07 Å². The highest BCUT2D eigenvalue weighted by Gasteiger charge is 2.30. The normalized spacial score (nSPS) is 17.6. The molecule has 2 unspecified atom stereocenters. The van der Waals surface area contributed by atoms with Crippen LogP contribution in [0.5, 0.6) is 0 Å². The zero-order chi connectivity index (χ0) is 12.6. The Kier molecular flexibility index (Phi) is 2.95. The Hall–Kier alpha value is -1.72. The Morgan fingerprint density at radius 1 is 1.24 bits per heavy atom. The Labute approximate surface area is 97.3 Å². The topological polar surface area (TPSA) is 94.8 Å². The number of aliphatic hydroxyl groups excluding tert-OH is 2. The monoisotopic (exact) mass is 236 g/mol. The molecule has 3 N–H and O–H groups in total. The van der Waals surface area contributed by atoms with E-state index in [2.05, 4.69) is 0 Å². The van der Waals surface area contributed by atoms with Gasteiger partial charge in [-0.2, -0.15) is 0 Å². The van der Waals surface area contributed by atoms with E-state index in [9.17, 15) is 19.8 Å². The molecule has 0 aromatic heterocycles. The van der Waals surface area contributed by atoms with Gasteiger partial charge >= 0.3 is 5.97 Å². The van der Waals surface area contributed by atoms with Gasteiger partial charge in [0.25, 0.3) is 0 Å². The highest BCUT2D eigenvalue weighted by molar-refractivity contribution is 6.00. The molecule has 0 aliphatic heterocycles. The van der Waals surface area contributed by atoms with Crippen LogP contribution in [0.25, 0.3) is 0 Å². The molecule has 0 amide bonds. The van der Waals surface area contributed by atoms with Gasteiger partial charge < -0.3 is 15.3 Å². The molecule has 0 saturated carbocycles. The van der Waals surface area contributed by atoms with Crippen molar-refractivity contribution >= 4 is 11.8 Å². The van der Waals surface area contributed by atoms with Crippen LogP contribution in [-0.2, 0) is 11.2 Å². The fourth-order valence-electron chi connectivity index (χ4n) is 2.10. The maximum absolute atomic E-state index is 11.5. The summed E-state index contributed by atoms with van der Waals surface area (Å²) in [5.41, 5.74) is 1.48. The Morgan fingerprint density at radius 2 is 1.94 bits per heavy atom. The number of rotatable bonds is 3. The molecule has 2 atom stereocenters. The van der Waals surface area contributed by atoms with E-state index in [-0.39, 0.29) is 5.78 Å². The van der Waals surface area contributed by atoms with Crippen LogP contribution in [0, 0.1) is 0 Å². The first-order chi connectivity index (χ1) is 8.02. The van der Waals surface area contributed by atoms with Crippen LogP contribution in [0.3, 0.4) is 0 Å². The second kappa shape index (κ2) is 4.27. The molecule has 5 heteroatoms. The van der Waals surface area contributed by atoms with Crippen molar-refractivity contribution in [1.82, 2.24) is 0 Å². The van der Waals surface area contributed by atoms with Gasteiger partial charge in [-0.25, -0.2) is 4.79 Å². The minimum Gasteiger partial charge on any atom is -0.479 e. The van der Waals surface area contributed by atoms with Crippen LogP contribution in [0.15, 0.2) is 18.2 Å². The zero-order valence-electron chi connectivity index (χ0n) is 8.96. The van der Waals surface area contributed by atoms with E-state index >= 15 is 0 Å². The van der Waals surface area contributed by atoms with Gasteiger partial charge in [-0.1, -0.05) is 18.2 Å². The van der Waals surface area contributed by atoms with Gasteiger partial charge in [0.1, 0.15) is 6.10 Å². The summed E-state index contributed by atoms with van der Waals surface area (Å²) in [6.45, 7) is 0. The SMILES string of the molecule is O=C1CCc2c1cccc2C(O)C(O)C(=O)O. The molecule has 1 aliphatic rings. The third-order valence-electron chi connectivity index (χ3n) is 2.99. The van der Waals surface area contributed by atoms with Crippen LogP contribution in [0.4, 0.5) is 0 Å². The summed E-state index contributed by atoms with van der Waals surface area (Å²) in [4.78, 5) is 22.1. The number of benzene rings is 1. The highest BCUT2D eigenvalue weighted by Crippen LogP contribution is 2.30. The van der Waals surface area contributed by atoms with Gasteiger partial charge in [-0.15, -0.1) is 0 Å². The second-order valence-electron chi connectivity index (χ2n) is 4.02. The van der Waals surface area contributed by atoms with Crippen LogP contribution >= 0.6 is 0 Å². The largest absolute Gasteiger partial charge is 0.479 e. The summed E-state index contributed by atoms with van der Waals surface area (Å²) in [5.74, 6) is -1.50. The van der Waals surface area contributed by atoms with Gasteiger partial charge in [-0.3, -0.25) is 4.79 Å². The number of fused-ring (bicyclic) bond motifs is 1. The first kappa shape index (κ1) is 11.8.